The summed E-state index contributed by atoms with van der Waals surface area (Å²) in [7, 11) is 0. The molecule has 1 saturated carbocycles. The number of ether oxygens (including phenoxy) is 1. The lowest BCUT2D eigenvalue weighted by molar-refractivity contribution is -0.0612. The monoisotopic (exact) mass is 354 g/mol. The molecular weight excluding hydrogens is 328 g/mol. The maximum atomic E-state index is 6.26. The number of halogens is 1. The van der Waals surface area contributed by atoms with E-state index in [1.54, 1.807) is 0 Å². The van der Waals surface area contributed by atoms with E-state index in [0.29, 0.717) is 6.04 Å². The van der Waals surface area contributed by atoms with Crippen LogP contribution >= 0.6 is 15.9 Å². The van der Waals surface area contributed by atoms with Crippen LogP contribution in [0.1, 0.15) is 51.5 Å². The Balaban J connectivity index is 2.16. The molecular formula is C17H27BrN2O. The van der Waals surface area contributed by atoms with Gasteiger partial charge in [0.1, 0.15) is 0 Å². The van der Waals surface area contributed by atoms with Crippen molar-refractivity contribution in [3.63, 3.8) is 0 Å². The fraction of sp³-hybridized carbons (Fsp3) is 0.706. The van der Waals surface area contributed by atoms with Crippen LogP contribution in [0.3, 0.4) is 0 Å². The maximum absolute atomic E-state index is 6.26. The second-order valence-corrected chi connectivity index (χ2v) is 6.84. The summed E-state index contributed by atoms with van der Waals surface area (Å²) in [4.78, 5) is 4.30. The molecule has 1 aromatic heterocycles. The highest BCUT2D eigenvalue weighted by atomic mass is 79.9. The van der Waals surface area contributed by atoms with Gasteiger partial charge < -0.3 is 10.1 Å². The van der Waals surface area contributed by atoms with Crippen molar-refractivity contribution in [2.24, 2.45) is 0 Å². The largest absolute Gasteiger partial charge is 0.374 e. The number of hydrogen-bond acceptors (Lipinski definition) is 3. The first kappa shape index (κ1) is 16.9. The van der Waals surface area contributed by atoms with Gasteiger partial charge in [-0.2, -0.15) is 0 Å². The van der Waals surface area contributed by atoms with Crippen LogP contribution in [0.4, 0.5) is 0 Å². The number of pyridine rings is 1. The van der Waals surface area contributed by atoms with Crippen molar-refractivity contribution in [1.29, 1.82) is 0 Å². The number of rotatable bonds is 8. The fourth-order valence-electron chi connectivity index (χ4n) is 3.42. The SMILES string of the molecule is CCCNC(Cc1cncc(Br)c1)C1(OCC)CCCC1. The molecule has 1 aliphatic carbocycles. The number of hydrogen-bond donors (Lipinski definition) is 1. The molecule has 3 nitrogen and oxygen atoms in total. The summed E-state index contributed by atoms with van der Waals surface area (Å²) in [5.41, 5.74) is 1.27. The van der Waals surface area contributed by atoms with Crippen LogP contribution in [0.2, 0.25) is 0 Å². The average molecular weight is 355 g/mol. The maximum Gasteiger partial charge on any atom is 0.0837 e. The zero-order chi connectivity index (χ0) is 15.1. The molecule has 0 radical (unpaired) electrons. The van der Waals surface area contributed by atoms with Crippen LogP contribution in [0.5, 0.6) is 0 Å². The van der Waals surface area contributed by atoms with Crippen LogP contribution in [0.15, 0.2) is 22.9 Å². The first-order valence-electron chi connectivity index (χ1n) is 8.17. The second kappa shape index (κ2) is 8.25. The molecule has 0 saturated heterocycles. The zero-order valence-corrected chi connectivity index (χ0v) is 14.8. The number of nitrogens with zero attached hydrogens (tertiary/aromatic N) is 1. The normalized spacial score (nSPS) is 18.8. The zero-order valence-electron chi connectivity index (χ0n) is 13.2. The van der Waals surface area contributed by atoms with Gasteiger partial charge in [-0.05, 0) is 66.7 Å². The van der Waals surface area contributed by atoms with Gasteiger partial charge in [0.2, 0.25) is 0 Å². The molecule has 0 spiro atoms. The summed E-state index contributed by atoms with van der Waals surface area (Å²) in [5.74, 6) is 0. The van der Waals surface area contributed by atoms with Gasteiger partial charge >= 0.3 is 0 Å². The van der Waals surface area contributed by atoms with E-state index in [0.717, 1.165) is 30.5 Å². The number of aromatic nitrogens is 1. The molecule has 0 amide bonds. The van der Waals surface area contributed by atoms with E-state index in [-0.39, 0.29) is 5.60 Å². The molecule has 2 rings (SSSR count). The molecule has 1 N–H and O–H groups in total. The fourth-order valence-corrected chi connectivity index (χ4v) is 3.83. The van der Waals surface area contributed by atoms with Crippen LogP contribution in [0, 0.1) is 0 Å². The summed E-state index contributed by atoms with van der Waals surface area (Å²) < 4.78 is 7.30. The summed E-state index contributed by atoms with van der Waals surface area (Å²) in [6.45, 7) is 6.16. The Labute approximate surface area is 137 Å². The van der Waals surface area contributed by atoms with Crippen LogP contribution in [-0.4, -0.2) is 29.8 Å². The lowest BCUT2D eigenvalue weighted by atomic mass is 9.87. The molecule has 1 aromatic rings. The number of nitrogens with one attached hydrogen (secondary N) is 1. The third kappa shape index (κ3) is 4.51. The minimum absolute atomic E-state index is 0.00619. The van der Waals surface area contributed by atoms with E-state index in [9.17, 15) is 0 Å². The molecule has 1 fully saturated rings. The van der Waals surface area contributed by atoms with E-state index in [2.05, 4.69) is 46.1 Å². The Morgan fingerprint density at radius 3 is 2.71 bits per heavy atom. The predicted molar refractivity (Wildman–Crippen MR) is 90.5 cm³/mol. The van der Waals surface area contributed by atoms with Gasteiger partial charge in [0, 0.05) is 29.5 Å². The van der Waals surface area contributed by atoms with Crippen molar-refractivity contribution in [2.45, 2.75) is 64.0 Å². The molecule has 4 heteroatoms. The van der Waals surface area contributed by atoms with E-state index in [1.807, 2.05) is 12.4 Å². The van der Waals surface area contributed by atoms with Crippen molar-refractivity contribution >= 4 is 15.9 Å². The molecule has 1 heterocycles. The third-order valence-electron chi connectivity index (χ3n) is 4.36. The van der Waals surface area contributed by atoms with Crippen molar-refractivity contribution in [3.05, 3.63) is 28.5 Å². The molecule has 0 aromatic carbocycles. The van der Waals surface area contributed by atoms with Crippen LogP contribution < -0.4 is 5.32 Å². The van der Waals surface area contributed by atoms with Crippen molar-refractivity contribution in [2.75, 3.05) is 13.2 Å². The Hall–Kier alpha value is -0.450. The summed E-state index contributed by atoms with van der Waals surface area (Å²) in [5, 5.41) is 3.74. The lowest BCUT2D eigenvalue weighted by Crippen LogP contribution is -2.52. The highest BCUT2D eigenvalue weighted by Gasteiger charge is 2.41. The van der Waals surface area contributed by atoms with E-state index < -0.39 is 0 Å². The summed E-state index contributed by atoms with van der Waals surface area (Å²) >= 11 is 3.52. The third-order valence-corrected chi connectivity index (χ3v) is 4.79. The van der Waals surface area contributed by atoms with E-state index in [1.165, 1.54) is 31.2 Å². The van der Waals surface area contributed by atoms with Crippen molar-refractivity contribution in [1.82, 2.24) is 10.3 Å². The van der Waals surface area contributed by atoms with Gasteiger partial charge in [-0.25, -0.2) is 0 Å². The van der Waals surface area contributed by atoms with Gasteiger partial charge in [0.25, 0.3) is 0 Å². The second-order valence-electron chi connectivity index (χ2n) is 5.93. The smallest absolute Gasteiger partial charge is 0.0837 e. The Morgan fingerprint density at radius 1 is 1.33 bits per heavy atom. The van der Waals surface area contributed by atoms with Crippen LogP contribution in [0.25, 0.3) is 0 Å². The minimum atomic E-state index is 0.00619. The Bertz CT molecular complexity index is 433. The van der Waals surface area contributed by atoms with E-state index >= 15 is 0 Å². The predicted octanol–water partition coefficient (Wildman–Crippen LogP) is 4.10. The molecule has 1 unspecified atom stereocenters. The Kier molecular flexibility index (Phi) is 6.65. The molecule has 1 atom stereocenters. The first-order valence-corrected chi connectivity index (χ1v) is 8.96. The molecule has 118 valence electrons. The lowest BCUT2D eigenvalue weighted by Gasteiger charge is -2.38. The van der Waals surface area contributed by atoms with Gasteiger partial charge in [-0.1, -0.05) is 19.8 Å². The standard InChI is InChI=1S/C17H27BrN2O/c1-3-9-20-16(11-14-10-15(18)13-19-12-14)17(21-4-2)7-5-6-8-17/h10,12-13,16,20H,3-9,11H2,1-2H3. The molecule has 0 bridgehead atoms. The Morgan fingerprint density at radius 2 is 2.10 bits per heavy atom. The van der Waals surface area contributed by atoms with Crippen molar-refractivity contribution < 1.29 is 4.74 Å². The summed E-state index contributed by atoms with van der Waals surface area (Å²) in [6.07, 6.45) is 10.8. The first-order chi connectivity index (χ1) is 10.2. The molecule has 21 heavy (non-hydrogen) atoms. The van der Waals surface area contributed by atoms with Gasteiger partial charge in [0.15, 0.2) is 0 Å². The average Bonchev–Trinajstić information content (AvgIpc) is 2.93. The highest BCUT2D eigenvalue weighted by molar-refractivity contribution is 9.10. The quantitative estimate of drug-likeness (QED) is 0.762. The van der Waals surface area contributed by atoms with Crippen molar-refractivity contribution in [3.8, 4) is 0 Å². The topological polar surface area (TPSA) is 34.2 Å². The highest BCUT2D eigenvalue weighted by Crippen LogP contribution is 2.37. The molecule has 0 aliphatic heterocycles. The van der Waals surface area contributed by atoms with E-state index in [4.69, 9.17) is 4.74 Å². The molecule has 1 aliphatic rings. The van der Waals surface area contributed by atoms with Crippen LogP contribution in [-0.2, 0) is 11.2 Å². The van der Waals surface area contributed by atoms with Gasteiger partial charge in [-0.3, -0.25) is 4.98 Å². The summed E-state index contributed by atoms with van der Waals surface area (Å²) in [6, 6.07) is 2.54. The minimum Gasteiger partial charge on any atom is -0.374 e. The van der Waals surface area contributed by atoms with Gasteiger partial charge in [-0.15, -0.1) is 0 Å². The van der Waals surface area contributed by atoms with Gasteiger partial charge in [0.05, 0.1) is 5.60 Å².